The molecular formula is C19H19N3. The van der Waals surface area contributed by atoms with Gasteiger partial charge in [-0.1, -0.05) is 12.1 Å². The van der Waals surface area contributed by atoms with E-state index in [-0.39, 0.29) is 0 Å². The lowest BCUT2D eigenvalue weighted by Crippen LogP contribution is -2.18. The lowest BCUT2D eigenvalue weighted by molar-refractivity contribution is 0.938. The molecule has 0 atom stereocenters. The molecule has 1 aliphatic rings. The normalized spacial score (nSPS) is 14.7. The zero-order valence-corrected chi connectivity index (χ0v) is 12.8. The van der Waals surface area contributed by atoms with Crippen LogP contribution in [-0.2, 0) is 0 Å². The summed E-state index contributed by atoms with van der Waals surface area (Å²) in [6.45, 7) is 4.39. The van der Waals surface area contributed by atoms with E-state index in [2.05, 4.69) is 52.1 Å². The summed E-state index contributed by atoms with van der Waals surface area (Å²) in [7, 11) is 0. The number of nitrogens with zero attached hydrogens (tertiary/aromatic N) is 3. The van der Waals surface area contributed by atoms with Gasteiger partial charge in [0.2, 0.25) is 0 Å². The fourth-order valence-electron chi connectivity index (χ4n) is 3.27. The first-order chi connectivity index (χ1) is 10.8. The van der Waals surface area contributed by atoms with Crippen LogP contribution >= 0.6 is 0 Å². The minimum Gasteiger partial charge on any atom is -0.357 e. The number of aromatic nitrogens is 2. The number of rotatable bonds is 2. The maximum absolute atomic E-state index is 4.68. The molecule has 1 aliphatic heterocycles. The molecule has 0 saturated carbocycles. The van der Waals surface area contributed by atoms with E-state index >= 15 is 0 Å². The van der Waals surface area contributed by atoms with Gasteiger partial charge in [0, 0.05) is 42.6 Å². The Bertz CT molecular complexity index is 803. The van der Waals surface area contributed by atoms with E-state index in [0.29, 0.717) is 0 Å². The van der Waals surface area contributed by atoms with Crippen molar-refractivity contribution in [2.75, 3.05) is 18.0 Å². The van der Waals surface area contributed by atoms with E-state index in [9.17, 15) is 0 Å². The van der Waals surface area contributed by atoms with Crippen LogP contribution in [0.3, 0.4) is 0 Å². The summed E-state index contributed by atoms with van der Waals surface area (Å²) < 4.78 is 0. The SMILES string of the molecule is Cc1cc(-c2ccc(N3CCCC3)nc2)c2cnccc2c1. The summed E-state index contributed by atoms with van der Waals surface area (Å²) in [6, 6.07) is 10.8. The van der Waals surface area contributed by atoms with Gasteiger partial charge in [-0.3, -0.25) is 4.98 Å². The fourth-order valence-corrected chi connectivity index (χ4v) is 3.27. The molecule has 3 heterocycles. The van der Waals surface area contributed by atoms with Crippen LogP contribution in [0.1, 0.15) is 18.4 Å². The van der Waals surface area contributed by atoms with Gasteiger partial charge in [0.15, 0.2) is 0 Å². The van der Waals surface area contributed by atoms with Crippen molar-refractivity contribution in [3.63, 3.8) is 0 Å². The van der Waals surface area contributed by atoms with Crippen molar-refractivity contribution in [2.24, 2.45) is 0 Å². The fraction of sp³-hybridized carbons (Fsp3) is 0.263. The lowest BCUT2D eigenvalue weighted by Gasteiger charge is -2.16. The Hall–Kier alpha value is -2.42. The van der Waals surface area contributed by atoms with Crippen molar-refractivity contribution in [3.05, 3.63) is 54.5 Å². The molecule has 4 rings (SSSR count). The number of aryl methyl sites for hydroxylation is 1. The molecular weight excluding hydrogens is 270 g/mol. The molecule has 1 aromatic carbocycles. The van der Waals surface area contributed by atoms with Crippen molar-refractivity contribution in [1.82, 2.24) is 9.97 Å². The Morgan fingerprint density at radius 2 is 1.86 bits per heavy atom. The van der Waals surface area contributed by atoms with Crippen LogP contribution in [-0.4, -0.2) is 23.1 Å². The van der Waals surface area contributed by atoms with Crippen LogP contribution in [0.15, 0.2) is 48.9 Å². The average Bonchev–Trinajstić information content (AvgIpc) is 3.09. The number of benzene rings is 1. The van der Waals surface area contributed by atoms with E-state index in [1.807, 2.05) is 18.6 Å². The van der Waals surface area contributed by atoms with Gasteiger partial charge in [-0.25, -0.2) is 4.98 Å². The van der Waals surface area contributed by atoms with Crippen LogP contribution in [0.25, 0.3) is 21.9 Å². The monoisotopic (exact) mass is 289 g/mol. The van der Waals surface area contributed by atoms with Crippen LogP contribution in [0, 0.1) is 6.92 Å². The third kappa shape index (κ3) is 2.33. The highest BCUT2D eigenvalue weighted by molar-refractivity contribution is 5.96. The van der Waals surface area contributed by atoms with Gasteiger partial charge in [0.05, 0.1) is 0 Å². The number of fused-ring (bicyclic) bond motifs is 1. The van der Waals surface area contributed by atoms with Gasteiger partial charge in [0.25, 0.3) is 0 Å². The summed E-state index contributed by atoms with van der Waals surface area (Å²) in [6.07, 6.45) is 8.34. The zero-order chi connectivity index (χ0) is 14.9. The minimum atomic E-state index is 1.09. The van der Waals surface area contributed by atoms with Crippen molar-refractivity contribution in [2.45, 2.75) is 19.8 Å². The molecule has 0 bridgehead atoms. The molecule has 0 amide bonds. The van der Waals surface area contributed by atoms with Gasteiger partial charge in [-0.15, -0.1) is 0 Å². The molecule has 0 unspecified atom stereocenters. The molecule has 0 aliphatic carbocycles. The molecule has 1 fully saturated rings. The molecule has 0 N–H and O–H groups in total. The Morgan fingerprint density at radius 3 is 2.64 bits per heavy atom. The molecule has 1 saturated heterocycles. The quantitative estimate of drug-likeness (QED) is 0.708. The molecule has 0 spiro atoms. The van der Waals surface area contributed by atoms with Crippen molar-refractivity contribution < 1.29 is 0 Å². The maximum atomic E-state index is 4.68. The van der Waals surface area contributed by atoms with E-state index in [4.69, 9.17) is 0 Å². The first-order valence-electron chi connectivity index (χ1n) is 7.87. The van der Waals surface area contributed by atoms with E-state index < -0.39 is 0 Å². The highest BCUT2D eigenvalue weighted by Crippen LogP contribution is 2.30. The average molecular weight is 289 g/mol. The third-order valence-electron chi connectivity index (χ3n) is 4.39. The predicted molar refractivity (Wildman–Crippen MR) is 91.2 cm³/mol. The molecule has 110 valence electrons. The lowest BCUT2D eigenvalue weighted by atomic mass is 9.98. The highest BCUT2D eigenvalue weighted by atomic mass is 15.2. The Morgan fingerprint density at radius 1 is 1.00 bits per heavy atom. The number of hydrogen-bond acceptors (Lipinski definition) is 3. The van der Waals surface area contributed by atoms with Crippen LogP contribution in [0.5, 0.6) is 0 Å². The standard InChI is InChI=1S/C19H19N3/c1-14-10-15-6-7-20-13-18(15)17(11-14)16-4-5-19(21-12-16)22-8-2-3-9-22/h4-7,10-13H,2-3,8-9H2,1H3. The van der Waals surface area contributed by atoms with Gasteiger partial charge < -0.3 is 4.90 Å². The zero-order valence-electron chi connectivity index (χ0n) is 12.8. The molecule has 3 aromatic rings. The summed E-state index contributed by atoms with van der Waals surface area (Å²) >= 11 is 0. The largest absolute Gasteiger partial charge is 0.357 e. The van der Waals surface area contributed by atoms with Gasteiger partial charge in [-0.2, -0.15) is 0 Å². The second-order valence-electron chi connectivity index (χ2n) is 6.01. The summed E-state index contributed by atoms with van der Waals surface area (Å²) in [5.74, 6) is 1.09. The molecule has 22 heavy (non-hydrogen) atoms. The third-order valence-corrected chi connectivity index (χ3v) is 4.39. The Balaban J connectivity index is 1.78. The topological polar surface area (TPSA) is 29.0 Å². The summed E-state index contributed by atoms with van der Waals surface area (Å²) in [5.41, 5.74) is 3.63. The van der Waals surface area contributed by atoms with Crippen LogP contribution in [0.2, 0.25) is 0 Å². The maximum Gasteiger partial charge on any atom is 0.128 e. The van der Waals surface area contributed by atoms with E-state index in [1.54, 1.807) is 0 Å². The smallest absolute Gasteiger partial charge is 0.128 e. The van der Waals surface area contributed by atoms with Crippen LogP contribution in [0.4, 0.5) is 5.82 Å². The summed E-state index contributed by atoms with van der Waals surface area (Å²) in [5, 5.41) is 2.41. The Kier molecular flexibility index (Phi) is 3.26. The highest BCUT2D eigenvalue weighted by Gasteiger charge is 2.13. The van der Waals surface area contributed by atoms with Gasteiger partial charge >= 0.3 is 0 Å². The first kappa shape index (κ1) is 13.3. The summed E-state index contributed by atoms with van der Waals surface area (Å²) in [4.78, 5) is 11.3. The number of hydrogen-bond donors (Lipinski definition) is 0. The predicted octanol–water partition coefficient (Wildman–Crippen LogP) is 4.21. The number of anilines is 1. The van der Waals surface area contributed by atoms with E-state index in [0.717, 1.165) is 24.5 Å². The van der Waals surface area contributed by atoms with Gasteiger partial charge in [-0.05, 0) is 54.5 Å². The molecule has 3 heteroatoms. The first-order valence-corrected chi connectivity index (χ1v) is 7.87. The number of pyridine rings is 2. The molecule has 0 radical (unpaired) electrons. The molecule has 2 aromatic heterocycles. The van der Waals surface area contributed by atoms with Crippen LogP contribution < -0.4 is 4.90 Å². The second-order valence-corrected chi connectivity index (χ2v) is 6.01. The Labute approximate surface area is 130 Å². The second kappa shape index (κ2) is 5.41. The molecule has 3 nitrogen and oxygen atoms in total. The van der Waals surface area contributed by atoms with E-state index in [1.165, 1.54) is 34.7 Å². The van der Waals surface area contributed by atoms with Gasteiger partial charge in [0.1, 0.15) is 5.82 Å². The minimum absolute atomic E-state index is 1.09. The van der Waals surface area contributed by atoms with Crippen molar-refractivity contribution in [3.8, 4) is 11.1 Å². The van der Waals surface area contributed by atoms with Crippen molar-refractivity contribution >= 4 is 16.6 Å². The van der Waals surface area contributed by atoms with Crippen molar-refractivity contribution in [1.29, 1.82) is 0 Å².